The number of piperidine rings is 1. The molecule has 2 aliphatic rings. The zero-order valence-electron chi connectivity index (χ0n) is 10.7. The molecule has 0 amide bonds. The van der Waals surface area contributed by atoms with E-state index >= 15 is 0 Å². The van der Waals surface area contributed by atoms with Crippen LogP contribution in [0.5, 0.6) is 0 Å². The lowest BCUT2D eigenvalue weighted by molar-refractivity contribution is 0.0899. The predicted molar refractivity (Wildman–Crippen MR) is 68.5 cm³/mol. The van der Waals surface area contributed by atoms with Crippen molar-refractivity contribution in [1.29, 1.82) is 0 Å². The highest BCUT2D eigenvalue weighted by molar-refractivity contribution is 4.85. The minimum absolute atomic E-state index is 0.669. The van der Waals surface area contributed by atoms with Crippen LogP contribution in [-0.4, -0.2) is 55.1 Å². The van der Waals surface area contributed by atoms with Gasteiger partial charge >= 0.3 is 0 Å². The molecule has 0 aromatic carbocycles. The quantitative estimate of drug-likeness (QED) is 0.768. The highest BCUT2D eigenvalue weighted by Crippen LogP contribution is 2.24. The summed E-state index contributed by atoms with van der Waals surface area (Å²) in [7, 11) is 2.25. The van der Waals surface area contributed by atoms with E-state index in [0.717, 1.165) is 12.6 Å². The van der Waals surface area contributed by atoms with Crippen LogP contribution in [0.1, 0.15) is 38.5 Å². The smallest absolute Gasteiger partial charge is 0.0221 e. The summed E-state index contributed by atoms with van der Waals surface area (Å²) in [5.41, 5.74) is 5.91. The summed E-state index contributed by atoms with van der Waals surface area (Å²) in [6, 6.07) is 1.47. The number of likely N-dealkylation sites (tertiary alicyclic amines) is 2. The molecule has 0 aromatic heterocycles. The van der Waals surface area contributed by atoms with Gasteiger partial charge in [0.25, 0.3) is 0 Å². The lowest BCUT2D eigenvalue weighted by Crippen LogP contribution is -2.49. The Bertz CT molecular complexity index is 207. The van der Waals surface area contributed by atoms with Gasteiger partial charge in [0.2, 0.25) is 0 Å². The maximum Gasteiger partial charge on any atom is 0.0221 e. The van der Waals surface area contributed by atoms with Crippen LogP contribution < -0.4 is 5.73 Å². The molecule has 0 saturated carbocycles. The molecule has 0 bridgehead atoms. The van der Waals surface area contributed by atoms with Crippen molar-refractivity contribution in [1.82, 2.24) is 9.80 Å². The van der Waals surface area contributed by atoms with Crippen LogP contribution in [0.4, 0.5) is 0 Å². The third kappa shape index (κ3) is 2.96. The van der Waals surface area contributed by atoms with Gasteiger partial charge in [-0.25, -0.2) is 0 Å². The van der Waals surface area contributed by atoms with Crippen LogP contribution in [0.25, 0.3) is 0 Å². The average Bonchev–Trinajstić information content (AvgIpc) is 2.54. The molecule has 0 radical (unpaired) electrons. The Morgan fingerprint density at radius 1 is 1.00 bits per heavy atom. The number of hydrogen-bond donors (Lipinski definition) is 1. The fourth-order valence-electron chi connectivity index (χ4n) is 3.31. The molecule has 3 heteroatoms. The minimum atomic E-state index is 0.669. The number of rotatable bonds is 2. The second-order valence-corrected chi connectivity index (χ2v) is 5.51. The first-order valence-corrected chi connectivity index (χ1v) is 6.95. The van der Waals surface area contributed by atoms with Gasteiger partial charge in [0.05, 0.1) is 0 Å². The summed E-state index contributed by atoms with van der Waals surface area (Å²) < 4.78 is 0. The van der Waals surface area contributed by atoms with Crippen molar-refractivity contribution in [3.05, 3.63) is 0 Å². The molecule has 2 atom stereocenters. The molecule has 2 rings (SSSR count). The Hall–Kier alpha value is -0.120. The molecule has 0 spiro atoms. The van der Waals surface area contributed by atoms with Gasteiger partial charge in [0.15, 0.2) is 0 Å². The zero-order chi connectivity index (χ0) is 11.4. The van der Waals surface area contributed by atoms with Crippen molar-refractivity contribution in [2.24, 2.45) is 5.73 Å². The first kappa shape index (κ1) is 12.3. The molecule has 2 heterocycles. The Morgan fingerprint density at radius 2 is 1.88 bits per heavy atom. The van der Waals surface area contributed by atoms with Gasteiger partial charge in [-0.2, -0.15) is 0 Å². The predicted octanol–water partition coefficient (Wildman–Crippen LogP) is 1.28. The number of hydrogen-bond acceptors (Lipinski definition) is 3. The van der Waals surface area contributed by atoms with E-state index in [2.05, 4.69) is 16.8 Å². The largest absolute Gasteiger partial charge is 0.329 e. The van der Waals surface area contributed by atoms with Crippen LogP contribution in [0.15, 0.2) is 0 Å². The molecule has 0 aliphatic carbocycles. The SMILES string of the molecule is CN1CCCC(N2CCCCC2CN)CC1. The van der Waals surface area contributed by atoms with E-state index in [1.165, 1.54) is 58.2 Å². The highest BCUT2D eigenvalue weighted by Gasteiger charge is 2.28. The second kappa shape index (κ2) is 5.99. The van der Waals surface area contributed by atoms with Crippen molar-refractivity contribution in [2.45, 2.75) is 50.6 Å². The Balaban J connectivity index is 1.93. The molecule has 2 aliphatic heterocycles. The molecule has 16 heavy (non-hydrogen) atoms. The molecule has 2 fully saturated rings. The fraction of sp³-hybridized carbons (Fsp3) is 1.00. The van der Waals surface area contributed by atoms with E-state index < -0.39 is 0 Å². The Kier molecular flexibility index (Phi) is 4.62. The van der Waals surface area contributed by atoms with E-state index in [-0.39, 0.29) is 0 Å². The molecule has 2 saturated heterocycles. The van der Waals surface area contributed by atoms with Crippen molar-refractivity contribution >= 4 is 0 Å². The van der Waals surface area contributed by atoms with Gasteiger partial charge in [-0.05, 0) is 58.8 Å². The number of nitrogens with two attached hydrogens (primary N) is 1. The maximum atomic E-state index is 5.91. The molecular formula is C13H27N3. The molecule has 2 N–H and O–H groups in total. The summed E-state index contributed by atoms with van der Waals surface area (Å²) in [6.45, 7) is 4.68. The summed E-state index contributed by atoms with van der Waals surface area (Å²) in [5.74, 6) is 0. The molecule has 3 nitrogen and oxygen atoms in total. The average molecular weight is 225 g/mol. The molecular weight excluding hydrogens is 198 g/mol. The van der Waals surface area contributed by atoms with Crippen LogP contribution in [-0.2, 0) is 0 Å². The van der Waals surface area contributed by atoms with E-state index in [4.69, 9.17) is 5.73 Å². The monoisotopic (exact) mass is 225 g/mol. The van der Waals surface area contributed by atoms with Crippen LogP contribution in [0.3, 0.4) is 0 Å². The lowest BCUT2D eigenvalue weighted by atomic mass is 9.97. The van der Waals surface area contributed by atoms with Gasteiger partial charge < -0.3 is 10.6 Å². The molecule has 2 unspecified atom stereocenters. The van der Waals surface area contributed by atoms with Crippen LogP contribution in [0, 0.1) is 0 Å². The number of nitrogens with zero attached hydrogens (tertiary/aromatic N) is 2. The van der Waals surface area contributed by atoms with E-state index in [9.17, 15) is 0 Å². The van der Waals surface area contributed by atoms with Crippen LogP contribution in [0.2, 0.25) is 0 Å². The van der Waals surface area contributed by atoms with Crippen LogP contribution >= 0.6 is 0 Å². The summed E-state index contributed by atoms with van der Waals surface area (Å²) in [4.78, 5) is 5.20. The minimum Gasteiger partial charge on any atom is -0.329 e. The van der Waals surface area contributed by atoms with Crippen molar-refractivity contribution in [2.75, 3.05) is 33.2 Å². The van der Waals surface area contributed by atoms with E-state index in [1.54, 1.807) is 0 Å². The normalized spacial score (nSPS) is 34.9. The summed E-state index contributed by atoms with van der Waals surface area (Å²) in [6.07, 6.45) is 8.15. The Morgan fingerprint density at radius 3 is 2.69 bits per heavy atom. The molecule has 94 valence electrons. The second-order valence-electron chi connectivity index (χ2n) is 5.51. The van der Waals surface area contributed by atoms with Gasteiger partial charge in [-0.15, -0.1) is 0 Å². The first-order chi connectivity index (χ1) is 7.81. The Labute approximate surface area is 100.0 Å². The van der Waals surface area contributed by atoms with Gasteiger partial charge in [-0.1, -0.05) is 6.42 Å². The maximum absolute atomic E-state index is 5.91. The van der Waals surface area contributed by atoms with Gasteiger partial charge in [-0.3, -0.25) is 4.90 Å². The van der Waals surface area contributed by atoms with Gasteiger partial charge in [0, 0.05) is 18.6 Å². The van der Waals surface area contributed by atoms with Crippen molar-refractivity contribution in [3.8, 4) is 0 Å². The topological polar surface area (TPSA) is 32.5 Å². The van der Waals surface area contributed by atoms with Gasteiger partial charge in [0.1, 0.15) is 0 Å². The third-order valence-electron chi connectivity index (χ3n) is 4.33. The fourth-order valence-corrected chi connectivity index (χ4v) is 3.31. The van der Waals surface area contributed by atoms with E-state index in [1.807, 2.05) is 0 Å². The standard InChI is InChI=1S/C13H27N3/c1-15-8-4-6-12(7-10-15)16-9-3-2-5-13(16)11-14/h12-13H,2-11,14H2,1H3. The van der Waals surface area contributed by atoms with E-state index in [0.29, 0.717) is 6.04 Å². The molecule has 0 aromatic rings. The summed E-state index contributed by atoms with van der Waals surface area (Å²) >= 11 is 0. The highest BCUT2D eigenvalue weighted by atomic mass is 15.2. The lowest BCUT2D eigenvalue weighted by Gasteiger charge is -2.40. The first-order valence-electron chi connectivity index (χ1n) is 6.95. The third-order valence-corrected chi connectivity index (χ3v) is 4.33. The van der Waals surface area contributed by atoms with Crippen molar-refractivity contribution in [3.63, 3.8) is 0 Å². The zero-order valence-corrected chi connectivity index (χ0v) is 10.7. The summed E-state index contributed by atoms with van der Waals surface area (Å²) in [5, 5.41) is 0. The van der Waals surface area contributed by atoms with Crippen molar-refractivity contribution < 1.29 is 0 Å².